The highest BCUT2D eigenvalue weighted by Gasteiger charge is 2.30. The summed E-state index contributed by atoms with van der Waals surface area (Å²) in [5, 5.41) is 2.66. The van der Waals surface area contributed by atoms with Gasteiger partial charge in [0.05, 0.1) is 12.0 Å². The number of benzene rings is 2. The minimum absolute atomic E-state index is 0.0112. The van der Waals surface area contributed by atoms with Crippen LogP contribution in [0.15, 0.2) is 48.5 Å². The minimum atomic E-state index is -4.43. The van der Waals surface area contributed by atoms with Gasteiger partial charge >= 0.3 is 6.18 Å². The lowest BCUT2D eigenvalue weighted by molar-refractivity contribution is -0.137. The van der Waals surface area contributed by atoms with Gasteiger partial charge in [0.25, 0.3) is 0 Å². The van der Waals surface area contributed by atoms with Gasteiger partial charge in [0.2, 0.25) is 11.8 Å². The van der Waals surface area contributed by atoms with Crippen LogP contribution in [0.1, 0.15) is 29.5 Å². The van der Waals surface area contributed by atoms with E-state index in [1.807, 2.05) is 24.3 Å². The summed E-state index contributed by atoms with van der Waals surface area (Å²) < 4.78 is 38.1. The number of halogens is 3. The third-order valence-corrected chi connectivity index (χ3v) is 4.70. The van der Waals surface area contributed by atoms with Gasteiger partial charge in [-0.25, -0.2) is 0 Å². The second kappa shape index (κ2) is 8.46. The van der Waals surface area contributed by atoms with E-state index in [0.717, 1.165) is 29.8 Å². The van der Waals surface area contributed by atoms with Crippen LogP contribution in [0.25, 0.3) is 0 Å². The maximum Gasteiger partial charge on any atom is 0.416 e. The van der Waals surface area contributed by atoms with E-state index < -0.39 is 11.7 Å². The first-order valence-corrected chi connectivity index (χ1v) is 9.16. The third kappa shape index (κ3) is 4.91. The number of hydrogen-bond donors (Lipinski definition) is 1. The first kappa shape index (κ1) is 19.9. The summed E-state index contributed by atoms with van der Waals surface area (Å²) in [7, 11) is 0. The largest absolute Gasteiger partial charge is 0.416 e. The summed E-state index contributed by atoms with van der Waals surface area (Å²) >= 11 is 0. The van der Waals surface area contributed by atoms with E-state index in [2.05, 4.69) is 5.32 Å². The topological polar surface area (TPSA) is 49.4 Å². The zero-order chi connectivity index (χ0) is 20.1. The summed E-state index contributed by atoms with van der Waals surface area (Å²) in [4.78, 5) is 26.1. The molecular formula is C21H21F3N2O2. The molecule has 0 saturated carbocycles. The fraction of sp³-hybridized carbons (Fsp3) is 0.333. The first-order valence-electron chi connectivity index (χ1n) is 9.16. The molecule has 1 heterocycles. The molecule has 0 bridgehead atoms. The van der Waals surface area contributed by atoms with Gasteiger partial charge < -0.3 is 10.2 Å². The summed E-state index contributed by atoms with van der Waals surface area (Å²) in [6.45, 7) is 0.971. The number of anilines is 1. The van der Waals surface area contributed by atoms with Gasteiger partial charge in [-0.2, -0.15) is 13.2 Å². The first-order chi connectivity index (χ1) is 13.3. The molecule has 0 unspecified atom stereocenters. The molecule has 4 nitrogen and oxygen atoms in total. The summed E-state index contributed by atoms with van der Waals surface area (Å²) in [6.07, 6.45) is -2.93. The fourth-order valence-corrected chi connectivity index (χ4v) is 3.31. The molecule has 3 rings (SSSR count). The maximum absolute atomic E-state index is 12.7. The second-order valence-corrected chi connectivity index (χ2v) is 6.75. The SMILES string of the molecule is O=C(Cc1cccc(C(F)(F)F)c1)NCCCC(=O)N1CCc2ccccc21. The van der Waals surface area contributed by atoms with Crippen LogP contribution in [0.5, 0.6) is 0 Å². The van der Waals surface area contributed by atoms with E-state index in [1.54, 1.807) is 4.90 Å². The fourth-order valence-electron chi connectivity index (χ4n) is 3.31. The zero-order valence-corrected chi connectivity index (χ0v) is 15.3. The normalized spacial score (nSPS) is 13.3. The van der Waals surface area contributed by atoms with Crippen molar-refractivity contribution >= 4 is 17.5 Å². The quantitative estimate of drug-likeness (QED) is 0.764. The lowest BCUT2D eigenvalue weighted by atomic mass is 10.1. The Morgan fingerprint density at radius 1 is 1.07 bits per heavy atom. The number of alkyl halides is 3. The number of carbonyl (C=O) groups is 2. The molecule has 0 aliphatic carbocycles. The highest BCUT2D eigenvalue weighted by Crippen LogP contribution is 2.30. The average molecular weight is 390 g/mol. The Hall–Kier alpha value is -2.83. The molecule has 1 aliphatic heterocycles. The standard InChI is InChI=1S/C21H21F3N2O2/c22-21(23,24)17-7-3-5-15(13-17)14-19(27)25-11-4-9-20(28)26-12-10-16-6-1-2-8-18(16)26/h1-3,5-8,13H,4,9-12,14H2,(H,25,27). The van der Waals surface area contributed by atoms with Crippen molar-refractivity contribution in [3.63, 3.8) is 0 Å². The number of carbonyl (C=O) groups excluding carboxylic acids is 2. The van der Waals surface area contributed by atoms with Crippen LogP contribution in [0.4, 0.5) is 18.9 Å². The van der Waals surface area contributed by atoms with E-state index in [1.165, 1.54) is 12.1 Å². The highest BCUT2D eigenvalue weighted by molar-refractivity contribution is 5.95. The molecule has 28 heavy (non-hydrogen) atoms. The van der Waals surface area contributed by atoms with Crippen molar-refractivity contribution in [2.24, 2.45) is 0 Å². The van der Waals surface area contributed by atoms with Crippen molar-refractivity contribution in [3.8, 4) is 0 Å². The number of fused-ring (bicyclic) bond motifs is 1. The van der Waals surface area contributed by atoms with Crippen LogP contribution in [-0.2, 0) is 28.6 Å². The molecule has 2 aromatic carbocycles. The molecule has 2 amide bonds. The number of rotatable bonds is 6. The lowest BCUT2D eigenvalue weighted by Crippen LogP contribution is -2.31. The number of nitrogens with zero attached hydrogens (tertiary/aromatic N) is 1. The molecule has 148 valence electrons. The molecule has 0 saturated heterocycles. The number of nitrogens with one attached hydrogen (secondary N) is 1. The number of para-hydroxylation sites is 1. The van der Waals surface area contributed by atoms with Crippen LogP contribution < -0.4 is 10.2 Å². The Bertz CT molecular complexity index is 865. The summed E-state index contributed by atoms with van der Waals surface area (Å²) in [6, 6.07) is 12.5. The molecule has 0 spiro atoms. The summed E-state index contributed by atoms with van der Waals surface area (Å²) in [5.41, 5.74) is 1.64. The molecule has 0 atom stereocenters. The Labute approximate surface area is 161 Å². The molecule has 0 radical (unpaired) electrons. The van der Waals surface area contributed by atoms with Crippen molar-refractivity contribution in [2.75, 3.05) is 18.0 Å². The van der Waals surface area contributed by atoms with Gasteiger partial charge in [0, 0.05) is 25.2 Å². The number of hydrogen-bond acceptors (Lipinski definition) is 2. The van der Waals surface area contributed by atoms with Crippen LogP contribution >= 0.6 is 0 Å². The van der Waals surface area contributed by atoms with Crippen molar-refractivity contribution in [1.82, 2.24) is 5.32 Å². The third-order valence-electron chi connectivity index (χ3n) is 4.70. The Morgan fingerprint density at radius 3 is 2.64 bits per heavy atom. The Morgan fingerprint density at radius 2 is 1.86 bits per heavy atom. The van der Waals surface area contributed by atoms with E-state index >= 15 is 0 Å². The molecule has 0 aromatic heterocycles. The lowest BCUT2D eigenvalue weighted by Gasteiger charge is -2.17. The van der Waals surface area contributed by atoms with Crippen LogP contribution in [-0.4, -0.2) is 24.9 Å². The predicted molar refractivity (Wildman–Crippen MR) is 99.9 cm³/mol. The number of amides is 2. The van der Waals surface area contributed by atoms with Gasteiger partial charge in [0.15, 0.2) is 0 Å². The van der Waals surface area contributed by atoms with E-state index in [0.29, 0.717) is 31.5 Å². The molecular weight excluding hydrogens is 369 g/mol. The van der Waals surface area contributed by atoms with Crippen LogP contribution in [0.2, 0.25) is 0 Å². The zero-order valence-electron chi connectivity index (χ0n) is 15.3. The molecule has 2 aromatic rings. The van der Waals surface area contributed by atoms with Gasteiger partial charge in [-0.3, -0.25) is 9.59 Å². The van der Waals surface area contributed by atoms with Crippen LogP contribution in [0.3, 0.4) is 0 Å². The minimum Gasteiger partial charge on any atom is -0.356 e. The molecule has 7 heteroatoms. The van der Waals surface area contributed by atoms with Gasteiger partial charge in [-0.1, -0.05) is 36.4 Å². The van der Waals surface area contributed by atoms with Gasteiger partial charge in [-0.15, -0.1) is 0 Å². The summed E-state index contributed by atoms with van der Waals surface area (Å²) in [5.74, 6) is -0.352. The van der Waals surface area contributed by atoms with Crippen molar-refractivity contribution in [3.05, 3.63) is 65.2 Å². The second-order valence-electron chi connectivity index (χ2n) is 6.75. The molecule has 1 aliphatic rings. The van der Waals surface area contributed by atoms with Crippen molar-refractivity contribution in [2.45, 2.75) is 31.9 Å². The van der Waals surface area contributed by atoms with Gasteiger partial charge in [0.1, 0.15) is 0 Å². The van der Waals surface area contributed by atoms with E-state index in [-0.39, 0.29) is 18.2 Å². The van der Waals surface area contributed by atoms with Crippen LogP contribution in [0, 0.1) is 0 Å². The van der Waals surface area contributed by atoms with Crippen molar-refractivity contribution < 1.29 is 22.8 Å². The Balaban J connectivity index is 1.42. The van der Waals surface area contributed by atoms with E-state index in [4.69, 9.17) is 0 Å². The van der Waals surface area contributed by atoms with E-state index in [9.17, 15) is 22.8 Å². The average Bonchev–Trinajstić information content (AvgIpc) is 3.09. The maximum atomic E-state index is 12.7. The highest BCUT2D eigenvalue weighted by atomic mass is 19.4. The van der Waals surface area contributed by atoms with Crippen molar-refractivity contribution in [1.29, 1.82) is 0 Å². The smallest absolute Gasteiger partial charge is 0.356 e. The Kier molecular flexibility index (Phi) is 6.02. The van der Waals surface area contributed by atoms with Gasteiger partial charge in [-0.05, 0) is 36.1 Å². The predicted octanol–water partition coefficient (Wildman–Crippen LogP) is 3.73. The monoisotopic (exact) mass is 390 g/mol. The molecule has 0 fully saturated rings. The molecule has 1 N–H and O–H groups in total.